The summed E-state index contributed by atoms with van der Waals surface area (Å²) in [6.45, 7) is 0.915. The van der Waals surface area contributed by atoms with Crippen LogP contribution in [-0.2, 0) is 0 Å². The summed E-state index contributed by atoms with van der Waals surface area (Å²) in [5, 5.41) is 11.7. The Morgan fingerprint density at radius 1 is 1.36 bits per heavy atom. The van der Waals surface area contributed by atoms with Crippen molar-refractivity contribution in [3.05, 3.63) is 29.0 Å². The van der Waals surface area contributed by atoms with Crippen LogP contribution in [0.4, 0.5) is 10.1 Å². The molecule has 0 heterocycles. The summed E-state index contributed by atoms with van der Waals surface area (Å²) >= 11 is 5.53. The van der Waals surface area contributed by atoms with Gasteiger partial charge in [0.25, 0.3) is 0 Å². The first-order valence-electron chi connectivity index (χ1n) is 4.54. The van der Waals surface area contributed by atoms with E-state index in [-0.39, 0.29) is 11.6 Å². The van der Waals surface area contributed by atoms with Crippen molar-refractivity contribution in [1.82, 2.24) is 0 Å². The number of hydrogen-bond donors (Lipinski definition) is 2. The first-order valence-corrected chi connectivity index (χ1v) is 4.91. The van der Waals surface area contributed by atoms with Gasteiger partial charge in [-0.15, -0.1) is 0 Å². The second-order valence-corrected chi connectivity index (χ2v) is 3.39. The summed E-state index contributed by atoms with van der Waals surface area (Å²) in [5.41, 5.74) is 0.713. The number of halogens is 2. The van der Waals surface area contributed by atoms with E-state index < -0.39 is 5.82 Å². The maximum Gasteiger partial charge on any atom is 0.143 e. The molecule has 4 heteroatoms. The van der Waals surface area contributed by atoms with Gasteiger partial charge in [0.15, 0.2) is 0 Å². The highest BCUT2D eigenvalue weighted by molar-refractivity contribution is 6.30. The Balaban J connectivity index is 2.39. The lowest BCUT2D eigenvalue weighted by molar-refractivity contribution is 0.286. The molecule has 0 radical (unpaired) electrons. The summed E-state index contributed by atoms with van der Waals surface area (Å²) in [5.74, 6) is -0.418. The Hall–Kier alpha value is -0.800. The molecule has 0 amide bonds. The van der Waals surface area contributed by atoms with Gasteiger partial charge in [0.1, 0.15) is 5.82 Å². The SMILES string of the molecule is OCCCCNc1ccc(Cl)c(F)c1. The minimum Gasteiger partial charge on any atom is -0.396 e. The van der Waals surface area contributed by atoms with Gasteiger partial charge < -0.3 is 10.4 Å². The molecule has 0 saturated heterocycles. The first kappa shape index (κ1) is 11.3. The topological polar surface area (TPSA) is 32.3 Å². The second-order valence-electron chi connectivity index (χ2n) is 2.99. The molecule has 0 bridgehead atoms. The third kappa shape index (κ3) is 3.52. The van der Waals surface area contributed by atoms with Crippen LogP contribution in [0.3, 0.4) is 0 Å². The highest BCUT2D eigenvalue weighted by Crippen LogP contribution is 2.18. The number of hydrogen-bond acceptors (Lipinski definition) is 2. The fourth-order valence-electron chi connectivity index (χ4n) is 1.08. The molecule has 0 aliphatic heterocycles. The van der Waals surface area contributed by atoms with E-state index in [4.69, 9.17) is 16.7 Å². The molecule has 0 atom stereocenters. The van der Waals surface area contributed by atoms with Crippen molar-refractivity contribution in [2.45, 2.75) is 12.8 Å². The fraction of sp³-hybridized carbons (Fsp3) is 0.400. The molecule has 2 N–H and O–H groups in total. The highest BCUT2D eigenvalue weighted by Gasteiger charge is 1.99. The molecule has 14 heavy (non-hydrogen) atoms. The smallest absolute Gasteiger partial charge is 0.143 e. The molecule has 1 rings (SSSR count). The molecule has 78 valence electrons. The molecule has 2 nitrogen and oxygen atoms in total. The third-order valence-corrected chi connectivity index (χ3v) is 2.14. The largest absolute Gasteiger partial charge is 0.396 e. The maximum atomic E-state index is 12.9. The van der Waals surface area contributed by atoms with Gasteiger partial charge in [-0.3, -0.25) is 0 Å². The number of aliphatic hydroxyl groups excluding tert-OH is 1. The van der Waals surface area contributed by atoms with Crippen molar-refractivity contribution < 1.29 is 9.50 Å². The van der Waals surface area contributed by atoms with Gasteiger partial charge in [-0.1, -0.05) is 11.6 Å². The maximum absolute atomic E-state index is 12.9. The van der Waals surface area contributed by atoms with Crippen molar-refractivity contribution in [2.75, 3.05) is 18.5 Å². The van der Waals surface area contributed by atoms with Gasteiger partial charge in [0, 0.05) is 18.8 Å². The average molecular weight is 218 g/mol. The van der Waals surface area contributed by atoms with Crippen molar-refractivity contribution in [1.29, 1.82) is 0 Å². The molecule has 0 saturated carbocycles. The number of nitrogens with one attached hydrogen (secondary N) is 1. The van der Waals surface area contributed by atoms with Gasteiger partial charge >= 0.3 is 0 Å². The van der Waals surface area contributed by atoms with E-state index in [1.54, 1.807) is 6.07 Å². The molecule has 0 aliphatic rings. The molecule has 0 unspecified atom stereocenters. The van der Waals surface area contributed by atoms with Crippen LogP contribution in [0.1, 0.15) is 12.8 Å². The number of benzene rings is 1. The quantitative estimate of drug-likeness (QED) is 0.744. The van der Waals surface area contributed by atoms with E-state index in [0.717, 1.165) is 19.4 Å². The standard InChI is InChI=1S/C10H13ClFNO/c11-9-4-3-8(7-10(9)12)13-5-1-2-6-14/h3-4,7,13-14H,1-2,5-6H2. The molecule has 0 aromatic heterocycles. The van der Waals surface area contributed by atoms with E-state index in [0.29, 0.717) is 5.69 Å². The van der Waals surface area contributed by atoms with Crippen molar-refractivity contribution in [3.63, 3.8) is 0 Å². The van der Waals surface area contributed by atoms with Crippen molar-refractivity contribution in [2.24, 2.45) is 0 Å². The van der Waals surface area contributed by atoms with Crippen LogP contribution in [-0.4, -0.2) is 18.3 Å². The van der Waals surface area contributed by atoms with Gasteiger partial charge in [0.05, 0.1) is 5.02 Å². The zero-order valence-corrected chi connectivity index (χ0v) is 8.52. The number of rotatable bonds is 5. The predicted molar refractivity (Wildman–Crippen MR) is 56.2 cm³/mol. The van der Waals surface area contributed by atoms with Gasteiger partial charge in [-0.05, 0) is 31.0 Å². The van der Waals surface area contributed by atoms with E-state index in [1.165, 1.54) is 12.1 Å². The van der Waals surface area contributed by atoms with E-state index in [9.17, 15) is 4.39 Å². The summed E-state index contributed by atoms with van der Waals surface area (Å²) < 4.78 is 12.9. The first-order chi connectivity index (χ1) is 6.74. The zero-order chi connectivity index (χ0) is 10.4. The summed E-state index contributed by atoms with van der Waals surface area (Å²) in [6.07, 6.45) is 1.61. The Morgan fingerprint density at radius 3 is 2.79 bits per heavy atom. The molecular formula is C10H13ClFNO. The van der Waals surface area contributed by atoms with Crippen LogP contribution in [0.15, 0.2) is 18.2 Å². The van der Waals surface area contributed by atoms with Gasteiger partial charge in [0.2, 0.25) is 0 Å². The Labute approximate surface area is 87.7 Å². The number of aliphatic hydroxyl groups is 1. The Kier molecular flexibility index (Phi) is 4.70. The molecular weight excluding hydrogens is 205 g/mol. The van der Waals surface area contributed by atoms with E-state index in [2.05, 4.69) is 5.32 Å². The Morgan fingerprint density at radius 2 is 2.14 bits per heavy atom. The molecule has 0 spiro atoms. The fourth-order valence-corrected chi connectivity index (χ4v) is 1.19. The molecule has 1 aromatic rings. The Bertz CT molecular complexity index is 293. The van der Waals surface area contributed by atoms with Crippen LogP contribution in [0.5, 0.6) is 0 Å². The van der Waals surface area contributed by atoms with Crippen LogP contribution in [0, 0.1) is 5.82 Å². The number of anilines is 1. The van der Waals surface area contributed by atoms with Gasteiger partial charge in [-0.25, -0.2) is 4.39 Å². The highest BCUT2D eigenvalue weighted by atomic mass is 35.5. The lowest BCUT2D eigenvalue weighted by Gasteiger charge is -2.05. The van der Waals surface area contributed by atoms with Crippen LogP contribution in [0.2, 0.25) is 5.02 Å². The van der Waals surface area contributed by atoms with Crippen molar-refractivity contribution in [3.8, 4) is 0 Å². The molecule has 0 aliphatic carbocycles. The predicted octanol–water partition coefficient (Wildman–Crippen LogP) is 2.66. The number of unbranched alkanes of at least 4 members (excludes halogenated alkanes) is 1. The monoisotopic (exact) mass is 217 g/mol. The summed E-state index contributed by atoms with van der Waals surface area (Å²) in [6, 6.07) is 4.61. The van der Waals surface area contributed by atoms with Crippen LogP contribution in [0.25, 0.3) is 0 Å². The normalized spacial score (nSPS) is 10.2. The summed E-state index contributed by atoms with van der Waals surface area (Å²) in [7, 11) is 0. The third-order valence-electron chi connectivity index (χ3n) is 1.83. The van der Waals surface area contributed by atoms with Crippen LogP contribution >= 0.6 is 11.6 Å². The molecule has 0 fully saturated rings. The summed E-state index contributed by atoms with van der Waals surface area (Å²) in [4.78, 5) is 0. The van der Waals surface area contributed by atoms with Gasteiger partial charge in [-0.2, -0.15) is 0 Å². The minimum atomic E-state index is -0.418. The molecule has 1 aromatic carbocycles. The van der Waals surface area contributed by atoms with Crippen molar-refractivity contribution >= 4 is 17.3 Å². The minimum absolute atomic E-state index is 0.130. The van der Waals surface area contributed by atoms with Crippen LogP contribution < -0.4 is 5.32 Å². The van der Waals surface area contributed by atoms with E-state index >= 15 is 0 Å². The second kappa shape index (κ2) is 5.83. The zero-order valence-electron chi connectivity index (χ0n) is 7.76. The average Bonchev–Trinajstić information content (AvgIpc) is 2.18. The lowest BCUT2D eigenvalue weighted by Crippen LogP contribution is -2.02. The lowest BCUT2D eigenvalue weighted by atomic mass is 10.3. The van der Waals surface area contributed by atoms with E-state index in [1.807, 2.05) is 0 Å².